The van der Waals surface area contributed by atoms with Gasteiger partial charge in [0, 0.05) is 77.5 Å². The highest BCUT2D eigenvalue weighted by atomic mass is 16.8. The summed E-state index contributed by atoms with van der Waals surface area (Å²) in [5.74, 6) is -5.30. The van der Waals surface area contributed by atoms with Crippen molar-refractivity contribution in [1.82, 2.24) is 15.6 Å². The molecule has 8 heterocycles. The number of hydrogen-bond donors (Lipinski definition) is 14. The first-order valence-electron chi connectivity index (χ1n) is 23.4. The molecule has 0 saturated carbocycles. The zero-order valence-electron chi connectivity index (χ0n) is 38.2. The highest BCUT2D eigenvalue weighted by Gasteiger charge is 2.69. The quantitative estimate of drug-likeness (QED) is 0.0481. The number of aliphatic carboxylic acids is 1. The number of fused-ring (bicyclic) bond motifs is 8. The van der Waals surface area contributed by atoms with Crippen molar-refractivity contribution in [2.75, 3.05) is 6.61 Å². The number of ether oxygens (including phenoxy) is 4. The van der Waals surface area contributed by atoms with Crippen LogP contribution >= 0.6 is 0 Å². The molecule has 14 N–H and O–H groups in total. The van der Waals surface area contributed by atoms with Gasteiger partial charge in [0.15, 0.2) is 23.0 Å². The van der Waals surface area contributed by atoms with Gasteiger partial charge in [-0.25, -0.2) is 9.59 Å². The van der Waals surface area contributed by atoms with Crippen molar-refractivity contribution in [3.63, 3.8) is 0 Å². The zero-order chi connectivity index (χ0) is 51.5. The fraction of sp³-hybridized carbons (Fsp3) is 0.392. The van der Waals surface area contributed by atoms with Gasteiger partial charge < -0.3 is 89.8 Å². The van der Waals surface area contributed by atoms with Crippen LogP contribution in [0, 0.1) is 17.8 Å². The minimum Gasteiger partial charge on any atom is -0.507 e. The van der Waals surface area contributed by atoms with E-state index >= 15 is 0 Å². The second-order valence-electron chi connectivity index (χ2n) is 19.2. The number of rotatable bonds is 7. The first-order valence-corrected chi connectivity index (χ1v) is 23.4. The van der Waals surface area contributed by atoms with Gasteiger partial charge in [0.05, 0.1) is 12.6 Å². The van der Waals surface area contributed by atoms with Crippen molar-refractivity contribution in [3.8, 4) is 46.2 Å². The van der Waals surface area contributed by atoms with E-state index in [1.807, 2.05) is 6.08 Å². The highest BCUT2D eigenvalue weighted by Crippen LogP contribution is 2.54. The number of nitrogens with one attached hydrogen (secondary N) is 3. The van der Waals surface area contributed by atoms with Crippen LogP contribution in [-0.2, 0) is 36.6 Å². The Kier molecular flexibility index (Phi) is 11.6. The molecule has 3 saturated heterocycles. The SMILES string of the molecule is O=C(O)C12C#CCC3(OC4(Oc5cc6oc(-c7cc(O)c(O)c(CCO)c7)cc(=O)c6c(O)c5C(C5=CNC6NC7C=CCC(C7)C6=C5)C=C4Cc4ccc[nH]4)C(O)C(O)C3O)C(=O)OC(O1)C(O)C(O)C2O. The molecule has 2 aromatic carbocycles. The average Bonchev–Trinajstić information content (AvgIpc) is 3.86. The number of phenolic OH excluding ortho intramolecular Hbond substituents is 3. The van der Waals surface area contributed by atoms with E-state index in [0.29, 0.717) is 11.3 Å². The number of benzene rings is 2. The number of hydrogen-bond acceptors (Lipinski definition) is 20. The minimum atomic E-state index is -3.02. The Morgan fingerprint density at radius 1 is 0.945 bits per heavy atom. The van der Waals surface area contributed by atoms with E-state index in [0.717, 1.165) is 30.5 Å². The minimum absolute atomic E-state index is 0.0687. The summed E-state index contributed by atoms with van der Waals surface area (Å²) in [6.45, 7) is -0.410. The molecule has 3 fully saturated rings. The molecule has 7 aliphatic rings. The molecule has 22 nitrogen and oxygen atoms in total. The van der Waals surface area contributed by atoms with Gasteiger partial charge in [-0.3, -0.25) is 10.1 Å². The lowest BCUT2D eigenvalue weighted by molar-refractivity contribution is -0.354. The number of esters is 1. The molecule has 4 bridgehead atoms. The Labute approximate surface area is 412 Å². The maximum atomic E-state index is 14.8. The number of dihydropyridines is 1. The number of allylic oxidation sites excluding steroid dienone is 4. The molecule has 382 valence electrons. The van der Waals surface area contributed by atoms with E-state index in [-0.39, 0.29) is 75.7 Å². The highest BCUT2D eigenvalue weighted by molar-refractivity contribution is 5.90. The Hall–Kier alpha value is -7.01. The van der Waals surface area contributed by atoms with Crippen molar-refractivity contribution >= 4 is 22.9 Å². The molecule has 2 aromatic heterocycles. The predicted octanol–water partition coefficient (Wildman–Crippen LogP) is -0.477. The van der Waals surface area contributed by atoms with E-state index in [4.69, 9.17) is 23.4 Å². The van der Waals surface area contributed by atoms with E-state index < -0.39 is 113 Å². The average molecular weight is 1010 g/mol. The van der Waals surface area contributed by atoms with Crippen molar-refractivity contribution in [1.29, 1.82) is 0 Å². The molecule has 11 rings (SSSR count). The molecule has 2 spiro atoms. The Balaban J connectivity index is 1.15. The maximum absolute atomic E-state index is 14.8. The summed E-state index contributed by atoms with van der Waals surface area (Å²) in [7, 11) is 0. The number of aromatic amines is 1. The van der Waals surface area contributed by atoms with Crippen molar-refractivity contribution in [2.24, 2.45) is 5.92 Å². The summed E-state index contributed by atoms with van der Waals surface area (Å²) in [5.41, 5.74) is -5.25. The molecule has 0 radical (unpaired) electrons. The number of phenols is 3. The van der Waals surface area contributed by atoms with Crippen LogP contribution in [0.1, 0.15) is 42.0 Å². The molecule has 73 heavy (non-hydrogen) atoms. The van der Waals surface area contributed by atoms with E-state index in [1.54, 1.807) is 30.6 Å². The molecule has 1 aliphatic carbocycles. The number of H-pyrrole nitrogens is 1. The van der Waals surface area contributed by atoms with Crippen LogP contribution in [0.3, 0.4) is 0 Å². The molecular formula is C51H49N3O19. The third-order valence-electron chi connectivity index (χ3n) is 14.9. The number of carbonyl (C=O) groups is 2. The van der Waals surface area contributed by atoms with Gasteiger partial charge in [-0.05, 0) is 60.6 Å². The number of aromatic hydroxyl groups is 3. The van der Waals surface area contributed by atoms with Crippen LogP contribution in [-0.4, -0.2) is 152 Å². The van der Waals surface area contributed by atoms with Crippen LogP contribution in [0.15, 0.2) is 99.0 Å². The van der Waals surface area contributed by atoms with Gasteiger partial charge in [0.25, 0.3) is 11.4 Å². The first kappa shape index (κ1) is 48.3. The lowest BCUT2D eigenvalue weighted by atomic mass is 9.75. The summed E-state index contributed by atoms with van der Waals surface area (Å²) in [4.78, 5) is 45.0. The van der Waals surface area contributed by atoms with E-state index in [9.17, 15) is 70.6 Å². The molecule has 22 heteroatoms. The first-order chi connectivity index (χ1) is 34.9. The van der Waals surface area contributed by atoms with Crippen molar-refractivity contribution in [2.45, 2.75) is 110 Å². The Morgan fingerprint density at radius 2 is 1.75 bits per heavy atom. The topological polar surface area (TPSA) is 364 Å². The standard InChI is InChI=1S/C51H49N3O19/c55-11-7-22-12-23(15-31(57)37(22)58)32-18-30(56)36-33(69-32)19-34-35(38(36)59)28(24-14-29-21-4-1-5-27(13-21)54-45(29)53-20-24)17-25(16-26-6-2-10-52-26)51(71-34)44(65)41(62)43(64)50(73-51)9-3-8-49(47(66)67)42(63)39(60)40(61)46(72-49)70-48(50)68/h1-2,5-6,10,12,14-15,17-21,27-28,39-46,52-55,57-65H,4,7,9,11,13,16H2,(H,66,67). The molecular weight excluding hydrogens is 959 g/mol. The predicted molar refractivity (Wildman–Crippen MR) is 248 cm³/mol. The van der Waals surface area contributed by atoms with Gasteiger partial charge in [-0.1, -0.05) is 36.1 Å². The lowest BCUT2D eigenvalue weighted by Crippen LogP contribution is -2.75. The van der Waals surface area contributed by atoms with E-state index in [1.165, 1.54) is 12.1 Å². The number of piperidine rings is 1. The Morgan fingerprint density at radius 3 is 2.51 bits per heavy atom. The van der Waals surface area contributed by atoms with Gasteiger partial charge in [0.1, 0.15) is 58.7 Å². The van der Waals surface area contributed by atoms with Gasteiger partial charge in [0.2, 0.25) is 11.9 Å². The van der Waals surface area contributed by atoms with Crippen molar-refractivity contribution < 1.29 is 89.1 Å². The number of carboxylic acid groups (broad SMARTS) is 1. The van der Waals surface area contributed by atoms with Crippen LogP contribution in [0.2, 0.25) is 0 Å². The van der Waals surface area contributed by atoms with Crippen LogP contribution in [0.25, 0.3) is 22.3 Å². The fourth-order valence-electron chi connectivity index (χ4n) is 11.1. The zero-order valence-corrected chi connectivity index (χ0v) is 38.2. The summed E-state index contributed by atoms with van der Waals surface area (Å²) < 4.78 is 30.8. The van der Waals surface area contributed by atoms with Gasteiger partial charge in [-0.2, -0.15) is 0 Å². The number of aliphatic hydroxyl groups excluding tert-OH is 7. The summed E-state index contributed by atoms with van der Waals surface area (Å²) in [6.07, 6.45) is -5.96. The van der Waals surface area contributed by atoms with Gasteiger partial charge in [-0.15, -0.1) is 0 Å². The van der Waals surface area contributed by atoms with E-state index in [2.05, 4.69) is 39.6 Å². The van der Waals surface area contributed by atoms with Crippen LogP contribution < -0.4 is 20.8 Å². The number of aromatic nitrogens is 1. The van der Waals surface area contributed by atoms with Crippen LogP contribution in [0.5, 0.6) is 23.0 Å². The molecule has 4 aromatic rings. The summed E-state index contributed by atoms with van der Waals surface area (Å²) >= 11 is 0. The second kappa shape index (κ2) is 17.6. The number of carboxylic acids is 1. The largest absolute Gasteiger partial charge is 0.507 e. The molecule has 14 unspecified atom stereocenters. The normalized spacial score (nSPS) is 35.2. The monoisotopic (exact) mass is 1010 g/mol. The number of carbonyl (C=O) groups excluding carboxylic acids is 1. The second-order valence-corrected chi connectivity index (χ2v) is 19.2. The maximum Gasteiger partial charge on any atom is 0.351 e. The third kappa shape index (κ3) is 7.45. The van der Waals surface area contributed by atoms with Gasteiger partial charge >= 0.3 is 11.9 Å². The third-order valence-corrected chi connectivity index (χ3v) is 14.9. The molecule has 0 amide bonds. The van der Waals surface area contributed by atoms with Crippen LogP contribution in [0.4, 0.5) is 0 Å². The summed E-state index contributed by atoms with van der Waals surface area (Å²) in [6, 6.07) is 8.17. The fourth-order valence-corrected chi connectivity index (χ4v) is 11.1. The Bertz CT molecular complexity index is 3210. The summed E-state index contributed by atoms with van der Waals surface area (Å²) in [5, 5.41) is 130. The van der Waals surface area contributed by atoms with Crippen molar-refractivity contribution in [3.05, 3.63) is 117 Å². The smallest absolute Gasteiger partial charge is 0.351 e. The molecule has 6 aliphatic heterocycles. The lowest BCUT2D eigenvalue weighted by Gasteiger charge is -2.53. The number of aliphatic hydroxyl groups is 7. The molecule has 14 atom stereocenters.